The number of nitrogen functional groups attached to an aromatic ring is 1. The van der Waals surface area contributed by atoms with Gasteiger partial charge in [0.25, 0.3) is 0 Å². The Kier molecular flexibility index (Phi) is 3.29. The number of aryl methyl sites for hydroxylation is 2. The third-order valence-corrected chi connectivity index (χ3v) is 3.41. The van der Waals surface area contributed by atoms with Gasteiger partial charge < -0.3 is 5.73 Å². The zero-order chi connectivity index (χ0) is 15.0. The first-order chi connectivity index (χ1) is 10.0. The van der Waals surface area contributed by atoms with E-state index in [1.807, 2.05) is 19.3 Å². The smallest absolute Gasteiger partial charge is 0.152 e. The molecular weight excluding hydrogens is 274 g/mol. The number of benzene rings is 1. The molecule has 0 radical (unpaired) electrons. The van der Waals surface area contributed by atoms with Gasteiger partial charge in [0.05, 0.1) is 11.9 Å². The van der Waals surface area contributed by atoms with Crippen molar-refractivity contribution in [3.8, 4) is 0 Å². The van der Waals surface area contributed by atoms with E-state index >= 15 is 0 Å². The van der Waals surface area contributed by atoms with Gasteiger partial charge in [-0.15, -0.1) is 0 Å². The number of nitrogens with zero attached hydrogens (tertiary/aromatic N) is 3. The van der Waals surface area contributed by atoms with Crippen molar-refractivity contribution >= 4 is 16.7 Å². The molecule has 0 fully saturated rings. The van der Waals surface area contributed by atoms with Crippen LogP contribution in [0.1, 0.15) is 11.1 Å². The van der Waals surface area contributed by atoms with E-state index in [9.17, 15) is 8.78 Å². The molecule has 0 bridgehead atoms. The Morgan fingerprint density at radius 1 is 1.19 bits per heavy atom. The van der Waals surface area contributed by atoms with Crippen LogP contribution >= 0.6 is 0 Å². The Bertz CT molecular complexity index is 811. The summed E-state index contributed by atoms with van der Waals surface area (Å²) in [6.07, 6.45) is 4.21. The molecule has 0 spiro atoms. The Labute approximate surface area is 120 Å². The number of halogens is 2. The minimum Gasteiger partial charge on any atom is -0.396 e. The summed E-state index contributed by atoms with van der Waals surface area (Å²) >= 11 is 0. The summed E-state index contributed by atoms with van der Waals surface area (Å²) in [5.41, 5.74) is 7.88. The minimum atomic E-state index is -0.679. The third-order valence-electron chi connectivity index (χ3n) is 3.41. The van der Waals surface area contributed by atoms with Crippen LogP contribution < -0.4 is 5.73 Å². The fraction of sp³-hybridized carbons (Fsp3) is 0.200. The summed E-state index contributed by atoms with van der Waals surface area (Å²) in [6.45, 7) is 0. The molecule has 0 saturated carbocycles. The van der Waals surface area contributed by atoms with Gasteiger partial charge in [-0.05, 0) is 36.6 Å². The van der Waals surface area contributed by atoms with Gasteiger partial charge in [-0.3, -0.25) is 9.67 Å². The second-order valence-corrected chi connectivity index (χ2v) is 4.98. The number of hydrogen-bond acceptors (Lipinski definition) is 3. The Hall–Kier alpha value is -2.50. The van der Waals surface area contributed by atoms with Gasteiger partial charge >= 0.3 is 0 Å². The van der Waals surface area contributed by atoms with Crippen molar-refractivity contribution in [2.24, 2.45) is 7.05 Å². The topological polar surface area (TPSA) is 56.7 Å². The highest BCUT2D eigenvalue weighted by atomic mass is 19.1. The maximum atomic E-state index is 13.8. The summed E-state index contributed by atoms with van der Waals surface area (Å²) < 4.78 is 29.2. The van der Waals surface area contributed by atoms with E-state index in [-0.39, 0.29) is 17.7 Å². The number of pyridine rings is 1. The average molecular weight is 288 g/mol. The van der Waals surface area contributed by atoms with Crippen LogP contribution in [0.3, 0.4) is 0 Å². The first-order valence-electron chi connectivity index (χ1n) is 6.55. The SMILES string of the molecule is Cn1cc2ncc(CCc3c(F)ccc(N)c3F)cc2n1. The Morgan fingerprint density at radius 2 is 2.00 bits per heavy atom. The van der Waals surface area contributed by atoms with Crippen LogP contribution in [0.5, 0.6) is 0 Å². The molecule has 0 aliphatic rings. The number of hydrogen-bond donors (Lipinski definition) is 1. The van der Waals surface area contributed by atoms with Crippen molar-refractivity contribution in [3.05, 3.63) is 53.4 Å². The van der Waals surface area contributed by atoms with Gasteiger partial charge in [-0.2, -0.15) is 5.10 Å². The molecule has 0 amide bonds. The lowest BCUT2D eigenvalue weighted by Crippen LogP contribution is -2.02. The van der Waals surface area contributed by atoms with Crippen molar-refractivity contribution in [1.29, 1.82) is 0 Å². The molecule has 0 atom stereocenters. The predicted octanol–water partition coefficient (Wildman–Crippen LogP) is 2.61. The molecule has 21 heavy (non-hydrogen) atoms. The molecule has 0 saturated heterocycles. The summed E-state index contributed by atoms with van der Waals surface area (Å²) in [4.78, 5) is 4.28. The zero-order valence-corrected chi connectivity index (χ0v) is 11.5. The molecule has 3 aromatic rings. The van der Waals surface area contributed by atoms with Gasteiger partial charge in [-0.25, -0.2) is 8.78 Å². The average Bonchev–Trinajstić information content (AvgIpc) is 2.82. The number of rotatable bonds is 3. The Morgan fingerprint density at radius 3 is 2.81 bits per heavy atom. The lowest BCUT2D eigenvalue weighted by molar-refractivity contribution is 0.557. The van der Waals surface area contributed by atoms with E-state index in [1.54, 1.807) is 10.9 Å². The molecule has 1 aromatic carbocycles. The molecule has 108 valence electrons. The van der Waals surface area contributed by atoms with E-state index < -0.39 is 11.6 Å². The molecule has 0 aliphatic carbocycles. The van der Waals surface area contributed by atoms with E-state index in [0.717, 1.165) is 16.6 Å². The van der Waals surface area contributed by atoms with Crippen LogP contribution in [0, 0.1) is 11.6 Å². The normalized spacial score (nSPS) is 11.2. The first-order valence-corrected chi connectivity index (χ1v) is 6.55. The largest absolute Gasteiger partial charge is 0.396 e. The van der Waals surface area contributed by atoms with Crippen molar-refractivity contribution in [2.75, 3.05) is 5.73 Å². The highest BCUT2D eigenvalue weighted by molar-refractivity contribution is 5.73. The second-order valence-electron chi connectivity index (χ2n) is 4.98. The van der Waals surface area contributed by atoms with Gasteiger partial charge in [0.2, 0.25) is 0 Å². The molecule has 6 heteroatoms. The Balaban J connectivity index is 1.85. The van der Waals surface area contributed by atoms with Crippen LogP contribution in [0.4, 0.5) is 14.5 Å². The number of anilines is 1. The number of nitrogens with two attached hydrogens (primary N) is 1. The van der Waals surface area contributed by atoms with Crippen LogP contribution in [0.15, 0.2) is 30.6 Å². The molecule has 2 N–H and O–H groups in total. The molecule has 2 heterocycles. The highest BCUT2D eigenvalue weighted by Crippen LogP contribution is 2.21. The maximum absolute atomic E-state index is 13.8. The summed E-state index contributed by atoms with van der Waals surface area (Å²) in [6, 6.07) is 4.30. The zero-order valence-electron chi connectivity index (χ0n) is 11.5. The lowest BCUT2D eigenvalue weighted by atomic mass is 10.0. The van der Waals surface area contributed by atoms with E-state index in [2.05, 4.69) is 10.1 Å². The van der Waals surface area contributed by atoms with Gasteiger partial charge in [0.1, 0.15) is 16.9 Å². The molecular formula is C15H14F2N4. The molecule has 2 aromatic heterocycles. The summed E-state index contributed by atoms with van der Waals surface area (Å²) in [7, 11) is 1.82. The summed E-state index contributed by atoms with van der Waals surface area (Å²) in [5, 5.41) is 4.26. The van der Waals surface area contributed by atoms with Crippen LogP contribution in [-0.4, -0.2) is 14.8 Å². The fourth-order valence-electron chi connectivity index (χ4n) is 2.31. The minimum absolute atomic E-state index is 0.0103. The van der Waals surface area contributed by atoms with Crippen LogP contribution in [0.25, 0.3) is 11.0 Å². The van der Waals surface area contributed by atoms with Gasteiger partial charge in [0, 0.05) is 18.8 Å². The highest BCUT2D eigenvalue weighted by Gasteiger charge is 2.12. The number of aromatic nitrogens is 3. The standard InChI is InChI=1S/C15H14F2N4/c1-21-8-14-13(20-21)6-9(7-19-14)2-3-10-11(16)4-5-12(18)15(10)17/h4-8H,2-3,18H2,1H3. The molecule has 0 unspecified atom stereocenters. The fourth-order valence-corrected chi connectivity index (χ4v) is 2.31. The summed E-state index contributed by atoms with van der Waals surface area (Å²) in [5.74, 6) is -1.25. The molecule has 3 rings (SSSR count). The first kappa shape index (κ1) is 13.5. The van der Waals surface area contributed by atoms with Gasteiger partial charge in [0.15, 0.2) is 5.82 Å². The second kappa shape index (κ2) is 5.12. The van der Waals surface area contributed by atoms with E-state index in [0.29, 0.717) is 6.42 Å². The van der Waals surface area contributed by atoms with Crippen LogP contribution in [-0.2, 0) is 19.9 Å². The number of fused-ring (bicyclic) bond motifs is 1. The maximum Gasteiger partial charge on any atom is 0.152 e. The van der Waals surface area contributed by atoms with E-state index in [1.165, 1.54) is 12.1 Å². The van der Waals surface area contributed by atoms with E-state index in [4.69, 9.17) is 5.73 Å². The van der Waals surface area contributed by atoms with Crippen molar-refractivity contribution < 1.29 is 8.78 Å². The monoisotopic (exact) mass is 288 g/mol. The van der Waals surface area contributed by atoms with Gasteiger partial charge in [-0.1, -0.05) is 0 Å². The molecule has 4 nitrogen and oxygen atoms in total. The van der Waals surface area contributed by atoms with Crippen molar-refractivity contribution in [3.63, 3.8) is 0 Å². The van der Waals surface area contributed by atoms with Crippen LogP contribution in [0.2, 0.25) is 0 Å². The molecule has 0 aliphatic heterocycles. The predicted molar refractivity (Wildman–Crippen MR) is 76.7 cm³/mol. The van der Waals surface area contributed by atoms with Crippen molar-refractivity contribution in [2.45, 2.75) is 12.8 Å². The van der Waals surface area contributed by atoms with Crippen molar-refractivity contribution in [1.82, 2.24) is 14.8 Å². The third kappa shape index (κ3) is 2.56. The quantitative estimate of drug-likeness (QED) is 0.754. The lowest BCUT2D eigenvalue weighted by Gasteiger charge is -2.07.